The van der Waals surface area contributed by atoms with Crippen molar-refractivity contribution >= 4 is 16.9 Å². The lowest BCUT2D eigenvalue weighted by molar-refractivity contribution is -0.142. The monoisotopic (exact) mass is 344 g/mol. The third-order valence-corrected chi connectivity index (χ3v) is 4.88. The molecule has 0 spiro atoms. The number of aryl methyl sites for hydroxylation is 2. The van der Waals surface area contributed by atoms with E-state index in [4.69, 9.17) is 9.15 Å². The summed E-state index contributed by atoms with van der Waals surface area (Å²) in [6.07, 6.45) is 0. The predicted molar refractivity (Wildman–Crippen MR) is 95.7 cm³/mol. The van der Waals surface area contributed by atoms with Crippen molar-refractivity contribution in [3.8, 4) is 0 Å². The summed E-state index contributed by atoms with van der Waals surface area (Å²) in [5.41, 5.74) is 3.63. The SMILES string of the molecule is COC(=O)CN1CCN(Cc2cc(=O)oc3cc(C)c(C)cc23)CC1. The molecule has 2 aromatic rings. The van der Waals surface area contributed by atoms with E-state index in [0.717, 1.165) is 42.7 Å². The van der Waals surface area contributed by atoms with E-state index in [1.807, 2.05) is 13.0 Å². The zero-order valence-electron chi connectivity index (χ0n) is 15.0. The van der Waals surface area contributed by atoms with E-state index in [1.54, 1.807) is 6.07 Å². The van der Waals surface area contributed by atoms with E-state index in [1.165, 1.54) is 12.7 Å². The molecule has 6 nitrogen and oxygen atoms in total. The molecule has 1 saturated heterocycles. The minimum absolute atomic E-state index is 0.203. The summed E-state index contributed by atoms with van der Waals surface area (Å²) in [6, 6.07) is 5.62. The van der Waals surface area contributed by atoms with Gasteiger partial charge in [-0.25, -0.2) is 4.79 Å². The van der Waals surface area contributed by atoms with Gasteiger partial charge in [0.25, 0.3) is 0 Å². The highest BCUT2D eigenvalue weighted by Crippen LogP contribution is 2.23. The van der Waals surface area contributed by atoms with Crippen molar-refractivity contribution in [3.05, 3.63) is 45.3 Å². The van der Waals surface area contributed by atoms with Gasteiger partial charge in [-0.05, 0) is 42.7 Å². The highest BCUT2D eigenvalue weighted by Gasteiger charge is 2.20. The van der Waals surface area contributed by atoms with Crippen LogP contribution >= 0.6 is 0 Å². The van der Waals surface area contributed by atoms with Gasteiger partial charge in [-0.1, -0.05) is 0 Å². The molecular weight excluding hydrogens is 320 g/mol. The Morgan fingerprint density at radius 2 is 1.72 bits per heavy atom. The number of benzene rings is 1. The second kappa shape index (κ2) is 7.37. The first-order valence-corrected chi connectivity index (χ1v) is 8.52. The third-order valence-electron chi connectivity index (χ3n) is 4.88. The van der Waals surface area contributed by atoms with Gasteiger partial charge in [-0.3, -0.25) is 14.6 Å². The Morgan fingerprint density at radius 3 is 2.40 bits per heavy atom. The highest BCUT2D eigenvalue weighted by atomic mass is 16.5. The Balaban J connectivity index is 1.75. The average Bonchev–Trinajstić information content (AvgIpc) is 2.58. The molecule has 1 fully saturated rings. The molecule has 0 bridgehead atoms. The summed E-state index contributed by atoms with van der Waals surface area (Å²) in [4.78, 5) is 27.7. The van der Waals surface area contributed by atoms with Crippen LogP contribution < -0.4 is 5.63 Å². The summed E-state index contributed by atoms with van der Waals surface area (Å²) in [5.74, 6) is -0.203. The second-order valence-corrected chi connectivity index (χ2v) is 6.65. The van der Waals surface area contributed by atoms with Crippen LogP contribution in [0.1, 0.15) is 16.7 Å². The largest absolute Gasteiger partial charge is 0.468 e. The number of rotatable bonds is 4. The summed E-state index contributed by atoms with van der Waals surface area (Å²) >= 11 is 0. The van der Waals surface area contributed by atoms with E-state index in [9.17, 15) is 9.59 Å². The van der Waals surface area contributed by atoms with Gasteiger partial charge >= 0.3 is 11.6 Å². The van der Waals surface area contributed by atoms with Crippen molar-refractivity contribution in [3.63, 3.8) is 0 Å². The molecule has 0 saturated carbocycles. The predicted octanol–water partition coefficient (Wildman–Crippen LogP) is 1.70. The van der Waals surface area contributed by atoms with Gasteiger partial charge in [-0.15, -0.1) is 0 Å². The molecule has 134 valence electrons. The van der Waals surface area contributed by atoms with Crippen LogP contribution in [0.25, 0.3) is 11.0 Å². The number of fused-ring (bicyclic) bond motifs is 1. The molecule has 0 amide bonds. The molecule has 1 aliphatic heterocycles. The molecule has 1 aromatic heterocycles. The van der Waals surface area contributed by atoms with Gasteiger partial charge in [0.1, 0.15) is 5.58 Å². The lowest BCUT2D eigenvalue weighted by Crippen LogP contribution is -2.47. The molecule has 0 unspecified atom stereocenters. The standard InChI is InChI=1S/C19H24N2O4/c1-13-8-16-15(10-18(22)25-17(16)9-14(13)2)11-20-4-6-21(7-5-20)12-19(23)24-3/h8-10H,4-7,11-12H2,1-3H3. The van der Waals surface area contributed by atoms with E-state index in [-0.39, 0.29) is 11.6 Å². The van der Waals surface area contributed by atoms with Crippen LogP contribution in [-0.4, -0.2) is 55.6 Å². The maximum absolute atomic E-state index is 11.9. The van der Waals surface area contributed by atoms with Crippen LogP contribution in [-0.2, 0) is 16.1 Å². The van der Waals surface area contributed by atoms with Crippen LogP contribution in [0.3, 0.4) is 0 Å². The molecule has 0 atom stereocenters. The van der Waals surface area contributed by atoms with E-state index in [2.05, 4.69) is 22.8 Å². The van der Waals surface area contributed by atoms with E-state index >= 15 is 0 Å². The van der Waals surface area contributed by atoms with Gasteiger partial charge in [0.2, 0.25) is 0 Å². The van der Waals surface area contributed by atoms with E-state index < -0.39 is 0 Å². The van der Waals surface area contributed by atoms with Crippen molar-refractivity contribution in [2.75, 3.05) is 39.8 Å². The maximum atomic E-state index is 11.9. The topological polar surface area (TPSA) is 63.0 Å². The van der Waals surface area contributed by atoms with Crippen LogP contribution in [0, 0.1) is 13.8 Å². The summed E-state index contributed by atoms with van der Waals surface area (Å²) in [7, 11) is 1.41. The fraction of sp³-hybridized carbons (Fsp3) is 0.474. The molecule has 3 rings (SSSR count). The molecule has 1 aliphatic rings. The zero-order chi connectivity index (χ0) is 18.0. The molecule has 6 heteroatoms. The van der Waals surface area contributed by atoms with Gasteiger partial charge in [0.05, 0.1) is 13.7 Å². The van der Waals surface area contributed by atoms with Crippen LogP contribution in [0.15, 0.2) is 27.4 Å². The van der Waals surface area contributed by atoms with Crippen LogP contribution in [0.2, 0.25) is 0 Å². The first-order valence-electron chi connectivity index (χ1n) is 8.52. The number of nitrogens with zero attached hydrogens (tertiary/aromatic N) is 2. The minimum atomic E-state index is -0.310. The lowest BCUT2D eigenvalue weighted by atomic mass is 10.0. The smallest absolute Gasteiger partial charge is 0.336 e. The molecule has 1 aromatic carbocycles. The molecular formula is C19H24N2O4. The normalized spacial score (nSPS) is 16.3. The maximum Gasteiger partial charge on any atom is 0.336 e. The number of piperazine rings is 1. The van der Waals surface area contributed by atoms with Crippen LogP contribution in [0.4, 0.5) is 0 Å². The Bertz CT molecular complexity index is 835. The minimum Gasteiger partial charge on any atom is -0.468 e. The van der Waals surface area contributed by atoms with Crippen molar-refractivity contribution in [1.29, 1.82) is 0 Å². The Hall–Kier alpha value is -2.18. The number of esters is 1. The number of carbonyl (C=O) groups excluding carboxylic acids is 1. The molecule has 0 aliphatic carbocycles. The Morgan fingerprint density at radius 1 is 1.08 bits per heavy atom. The van der Waals surface area contributed by atoms with Crippen molar-refractivity contribution in [1.82, 2.24) is 9.80 Å². The molecule has 0 N–H and O–H groups in total. The lowest BCUT2D eigenvalue weighted by Gasteiger charge is -2.34. The Kier molecular flexibility index (Phi) is 5.20. The quantitative estimate of drug-likeness (QED) is 0.621. The van der Waals surface area contributed by atoms with Crippen LogP contribution in [0.5, 0.6) is 0 Å². The number of hydrogen-bond donors (Lipinski definition) is 0. The fourth-order valence-corrected chi connectivity index (χ4v) is 3.21. The zero-order valence-corrected chi connectivity index (χ0v) is 15.0. The first kappa shape index (κ1) is 17.6. The third kappa shape index (κ3) is 4.08. The molecule has 0 radical (unpaired) electrons. The van der Waals surface area contributed by atoms with Crippen molar-refractivity contribution in [2.45, 2.75) is 20.4 Å². The van der Waals surface area contributed by atoms with Gasteiger partial charge in [0, 0.05) is 44.2 Å². The summed E-state index contributed by atoms with van der Waals surface area (Å²) in [5, 5.41) is 1.000. The first-order chi connectivity index (χ1) is 12.0. The average molecular weight is 344 g/mol. The highest BCUT2D eigenvalue weighted by molar-refractivity contribution is 5.81. The number of methoxy groups -OCH3 is 1. The second-order valence-electron chi connectivity index (χ2n) is 6.65. The summed E-state index contributed by atoms with van der Waals surface area (Å²) in [6.45, 7) is 8.45. The Labute approximate surface area is 147 Å². The van der Waals surface area contributed by atoms with E-state index in [0.29, 0.717) is 18.7 Å². The number of carbonyl (C=O) groups is 1. The van der Waals surface area contributed by atoms with Crippen molar-refractivity contribution < 1.29 is 13.9 Å². The van der Waals surface area contributed by atoms with Crippen molar-refractivity contribution in [2.24, 2.45) is 0 Å². The fourth-order valence-electron chi connectivity index (χ4n) is 3.21. The number of ether oxygens (including phenoxy) is 1. The summed E-state index contributed by atoms with van der Waals surface area (Å²) < 4.78 is 10.1. The number of hydrogen-bond acceptors (Lipinski definition) is 6. The van der Waals surface area contributed by atoms with Gasteiger partial charge in [0.15, 0.2) is 0 Å². The molecule has 2 heterocycles. The van der Waals surface area contributed by atoms with Gasteiger partial charge in [-0.2, -0.15) is 0 Å². The molecule has 25 heavy (non-hydrogen) atoms. The van der Waals surface area contributed by atoms with Gasteiger partial charge < -0.3 is 9.15 Å².